The van der Waals surface area contributed by atoms with E-state index in [9.17, 15) is 0 Å². The summed E-state index contributed by atoms with van der Waals surface area (Å²) in [5.74, 6) is 0.976. The maximum Gasteiger partial charge on any atom is 0.128 e. The molecule has 2 aromatic rings. The van der Waals surface area contributed by atoms with Gasteiger partial charge in [-0.15, -0.1) is 0 Å². The third-order valence-electron chi connectivity index (χ3n) is 3.57. The first-order valence-corrected chi connectivity index (χ1v) is 7.93. The Hall–Kier alpha value is -2.17. The Morgan fingerprint density at radius 3 is 3.05 bits per heavy atom. The third-order valence-corrected chi connectivity index (χ3v) is 4.47. The van der Waals surface area contributed by atoms with E-state index in [0.29, 0.717) is 12.1 Å². The smallest absolute Gasteiger partial charge is 0.128 e. The molecule has 2 aromatic heterocycles. The van der Waals surface area contributed by atoms with Gasteiger partial charge in [0.15, 0.2) is 0 Å². The predicted molar refractivity (Wildman–Crippen MR) is 86.2 cm³/mol. The van der Waals surface area contributed by atoms with Crippen LogP contribution in [-0.4, -0.2) is 35.7 Å². The number of hydrogen-bond acceptors (Lipinski definition) is 7. The number of aryl methyl sites for hydroxylation is 1. The lowest BCUT2D eigenvalue weighted by molar-refractivity contribution is 0.122. The Morgan fingerprint density at radius 1 is 1.45 bits per heavy atom. The van der Waals surface area contributed by atoms with Crippen LogP contribution in [0.1, 0.15) is 16.8 Å². The van der Waals surface area contributed by atoms with Crippen LogP contribution in [0.25, 0.3) is 0 Å². The fraction of sp³-hybridized carbons (Fsp3) is 0.400. The monoisotopic (exact) mass is 315 g/mol. The van der Waals surface area contributed by atoms with Crippen molar-refractivity contribution >= 4 is 22.4 Å². The van der Waals surface area contributed by atoms with E-state index in [-0.39, 0.29) is 0 Å². The zero-order chi connectivity index (χ0) is 15.4. The van der Waals surface area contributed by atoms with Crippen molar-refractivity contribution in [2.75, 3.05) is 36.5 Å². The number of rotatable bonds is 4. The van der Waals surface area contributed by atoms with Crippen molar-refractivity contribution < 1.29 is 4.74 Å². The van der Waals surface area contributed by atoms with Gasteiger partial charge in [-0.3, -0.25) is 0 Å². The van der Waals surface area contributed by atoms with Crippen LogP contribution in [-0.2, 0) is 11.3 Å². The standard InChI is InChI=1S/C15H17N5OS/c1-11-13(9-16)15(22-19-11)18-10-12-2-3-17-14(8-12)20-4-6-21-7-5-20/h2-3,8,18H,4-7,10H2,1H3. The van der Waals surface area contributed by atoms with Gasteiger partial charge in [0.05, 0.1) is 18.9 Å². The molecule has 3 rings (SSSR count). The predicted octanol–water partition coefficient (Wildman–Crippen LogP) is 2.17. The Kier molecular flexibility index (Phi) is 4.51. The van der Waals surface area contributed by atoms with Crippen LogP contribution in [0.5, 0.6) is 0 Å². The normalized spacial score (nSPS) is 14.6. The summed E-state index contributed by atoms with van der Waals surface area (Å²) in [5.41, 5.74) is 2.54. The van der Waals surface area contributed by atoms with Gasteiger partial charge in [0, 0.05) is 25.8 Å². The first kappa shape index (κ1) is 14.8. The second-order valence-corrected chi connectivity index (χ2v) is 5.83. The second kappa shape index (κ2) is 6.73. The lowest BCUT2D eigenvalue weighted by Crippen LogP contribution is -2.36. The lowest BCUT2D eigenvalue weighted by Gasteiger charge is -2.28. The van der Waals surface area contributed by atoms with Gasteiger partial charge in [-0.1, -0.05) is 0 Å². The zero-order valence-electron chi connectivity index (χ0n) is 12.4. The largest absolute Gasteiger partial charge is 0.378 e. The number of pyridine rings is 1. The average molecular weight is 315 g/mol. The highest BCUT2D eigenvalue weighted by Gasteiger charge is 2.13. The second-order valence-electron chi connectivity index (χ2n) is 5.06. The summed E-state index contributed by atoms with van der Waals surface area (Å²) < 4.78 is 9.58. The van der Waals surface area contributed by atoms with Crippen LogP contribution in [0.3, 0.4) is 0 Å². The number of ether oxygens (including phenoxy) is 1. The molecule has 3 heterocycles. The fourth-order valence-electron chi connectivity index (χ4n) is 2.34. The van der Waals surface area contributed by atoms with Gasteiger partial charge in [0.2, 0.25) is 0 Å². The molecule has 0 aliphatic carbocycles. The molecule has 0 radical (unpaired) electrons. The van der Waals surface area contributed by atoms with Crippen molar-refractivity contribution in [3.05, 3.63) is 35.2 Å². The molecule has 22 heavy (non-hydrogen) atoms. The molecule has 0 bridgehead atoms. The molecule has 114 valence electrons. The highest BCUT2D eigenvalue weighted by molar-refractivity contribution is 7.10. The quantitative estimate of drug-likeness (QED) is 0.932. The van der Waals surface area contributed by atoms with Gasteiger partial charge < -0.3 is 15.0 Å². The van der Waals surface area contributed by atoms with E-state index in [0.717, 1.165) is 48.4 Å². The topological polar surface area (TPSA) is 74.1 Å². The van der Waals surface area contributed by atoms with Crippen LogP contribution in [0.2, 0.25) is 0 Å². The molecule has 0 saturated carbocycles. The van der Waals surface area contributed by atoms with Crippen molar-refractivity contribution in [3.8, 4) is 6.07 Å². The lowest BCUT2D eigenvalue weighted by atomic mass is 10.2. The molecular formula is C15H17N5OS. The first-order chi connectivity index (χ1) is 10.8. The van der Waals surface area contributed by atoms with E-state index in [4.69, 9.17) is 10.00 Å². The van der Waals surface area contributed by atoms with Gasteiger partial charge in [-0.2, -0.15) is 9.64 Å². The maximum absolute atomic E-state index is 9.15. The molecule has 1 aliphatic heterocycles. The van der Waals surface area contributed by atoms with Crippen molar-refractivity contribution in [3.63, 3.8) is 0 Å². The van der Waals surface area contributed by atoms with E-state index >= 15 is 0 Å². The van der Waals surface area contributed by atoms with Gasteiger partial charge in [0.25, 0.3) is 0 Å². The molecule has 0 unspecified atom stereocenters. The van der Waals surface area contributed by atoms with E-state index < -0.39 is 0 Å². The molecular weight excluding hydrogens is 298 g/mol. The summed E-state index contributed by atoms with van der Waals surface area (Å²) in [4.78, 5) is 6.66. The molecule has 7 heteroatoms. The number of aromatic nitrogens is 2. The first-order valence-electron chi connectivity index (χ1n) is 7.16. The summed E-state index contributed by atoms with van der Waals surface area (Å²) in [7, 11) is 0. The third kappa shape index (κ3) is 3.18. The Labute approximate surface area is 133 Å². The summed E-state index contributed by atoms with van der Waals surface area (Å²) in [6, 6.07) is 6.26. The van der Waals surface area contributed by atoms with Crippen molar-refractivity contribution in [2.24, 2.45) is 0 Å². The fourth-order valence-corrected chi connectivity index (χ4v) is 3.08. The Balaban J connectivity index is 1.69. The van der Waals surface area contributed by atoms with Crippen LogP contribution in [0.4, 0.5) is 10.8 Å². The van der Waals surface area contributed by atoms with Gasteiger partial charge in [-0.05, 0) is 36.2 Å². The molecule has 0 spiro atoms. The van der Waals surface area contributed by atoms with Crippen LogP contribution in [0.15, 0.2) is 18.3 Å². The minimum absolute atomic E-state index is 0.632. The number of nitriles is 1. The molecule has 1 aliphatic rings. The number of nitrogens with one attached hydrogen (secondary N) is 1. The molecule has 6 nitrogen and oxygen atoms in total. The van der Waals surface area contributed by atoms with E-state index in [2.05, 4.69) is 31.7 Å². The van der Waals surface area contributed by atoms with Gasteiger partial charge in [0.1, 0.15) is 22.5 Å². The maximum atomic E-state index is 9.15. The highest BCUT2D eigenvalue weighted by atomic mass is 32.1. The summed E-state index contributed by atoms with van der Waals surface area (Å²) >= 11 is 1.33. The van der Waals surface area contributed by atoms with E-state index in [1.165, 1.54) is 11.5 Å². The average Bonchev–Trinajstić information content (AvgIpc) is 2.94. The molecule has 0 aromatic carbocycles. The molecule has 1 N–H and O–H groups in total. The molecule has 1 saturated heterocycles. The zero-order valence-corrected chi connectivity index (χ0v) is 13.2. The minimum Gasteiger partial charge on any atom is -0.378 e. The van der Waals surface area contributed by atoms with Crippen LogP contribution in [0, 0.1) is 18.3 Å². The molecule has 0 atom stereocenters. The van der Waals surface area contributed by atoms with Gasteiger partial charge in [-0.25, -0.2) is 4.98 Å². The minimum atomic E-state index is 0.632. The summed E-state index contributed by atoms with van der Waals surface area (Å²) in [5, 5.41) is 13.3. The number of anilines is 2. The van der Waals surface area contributed by atoms with E-state index in [1.807, 2.05) is 19.2 Å². The summed E-state index contributed by atoms with van der Waals surface area (Å²) in [6.07, 6.45) is 1.82. The van der Waals surface area contributed by atoms with E-state index in [1.54, 1.807) is 0 Å². The number of morpholine rings is 1. The Bertz CT molecular complexity index is 687. The SMILES string of the molecule is Cc1nsc(NCc2ccnc(N3CCOCC3)c2)c1C#N. The molecule has 0 amide bonds. The van der Waals surface area contributed by atoms with Crippen LogP contribution < -0.4 is 10.2 Å². The van der Waals surface area contributed by atoms with Crippen molar-refractivity contribution in [1.82, 2.24) is 9.36 Å². The van der Waals surface area contributed by atoms with Gasteiger partial charge >= 0.3 is 0 Å². The number of hydrogen-bond donors (Lipinski definition) is 1. The summed E-state index contributed by atoms with van der Waals surface area (Å²) in [6.45, 7) is 5.73. The number of nitrogens with zero attached hydrogens (tertiary/aromatic N) is 4. The highest BCUT2D eigenvalue weighted by Crippen LogP contribution is 2.24. The van der Waals surface area contributed by atoms with Crippen molar-refractivity contribution in [1.29, 1.82) is 5.26 Å². The van der Waals surface area contributed by atoms with Crippen molar-refractivity contribution in [2.45, 2.75) is 13.5 Å². The Morgan fingerprint density at radius 2 is 2.27 bits per heavy atom. The molecule has 1 fully saturated rings. The van der Waals surface area contributed by atoms with Crippen LogP contribution >= 0.6 is 11.5 Å².